The highest BCUT2D eigenvalue weighted by atomic mass is 16.2. The van der Waals surface area contributed by atoms with Gasteiger partial charge in [-0.05, 0) is 19.3 Å². The largest absolute Gasteiger partial charge is 0.335 e. The van der Waals surface area contributed by atoms with Crippen LogP contribution >= 0.6 is 0 Å². The third-order valence-corrected chi connectivity index (χ3v) is 5.00. The number of likely N-dealkylation sites (tertiary alicyclic amines) is 1. The van der Waals surface area contributed by atoms with E-state index in [1.165, 1.54) is 19.3 Å². The molecule has 0 bridgehead atoms. The molecule has 3 fully saturated rings. The van der Waals surface area contributed by atoms with Gasteiger partial charge in [-0.3, -0.25) is 10.1 Å². The van der Waals surface area contributed by atoms with Crippen LogP contribution in [0.2, 0.25) is 0 Å². The number of carbonyl (C=O) groups is 3. The van der Waals surface area contributed by atoms with Gasteiger partial charge in [-0.25, -0.2) is 9.59 Å². The molecular weight excluding hydrogens is 284 g/mol. The van der Waals surface area contributed by atoms with Crippen molar-refractivity contribution in [3.8, 4) is 0 Å². The molecule has 2 saturated heterocycles. The SMILES string of the molecule is O=C1NC(=O)C2(CCN(C(=O)NC3CCCCCCC3)C2)N1. The predicted molar refractivity (Wildman–Crippen MR) is 80.2 cm³/mol. The Labute approximate surface area is 130 Å². The molecule has 5 amide bonds. The summed E-state index contributed by atoms with van der Waals surface area (Å²) in [5.74, 6) is -0.321. The van der Waals surface area contributed by atoms with E-state index < -0.39 is 11.6 Å². The van der Waals surface area contributed by atoms with Crippen LogP contribution in [0.5, 0.6) is 0 Å². The minimum absolute atomic E-state index is 0.114. The first-order valence-corrected chi connectivity index (χ1v) is 8.28. The Morgan fingerprint density at radius 3 is 2.45 bits per heavy atom. The summed E-state index contributed by atoms with van der Waals surface area (Å²) in [5, 5.41) is 8.03. The summed E-state index contributed by atoms with van der Waals surface area (Å²) in [6.45, 7) is 0.745. The van der Waals surface area contributed by atoms with Gasteiger partial charge in [-0.1, -0.05) is 32.1 Å². The van der Waals surface area contributed by atoms with E-state index in [1.54, 1.807) is 4.90 Å². The molecule has 0 aromatic carbocycles. The van der Waals surface area contributed by atoms with Crippen LogP contribution < -0.4 is 16.0 Å². The Bertz CT molecular complexity index is 473. The minimum atomic E-state index is -0.921. The van der Waals surface area contributed by atoms with E-state index in [1.807, 2.05) is 0 Å². The topological polar surface area (TPSA) is 90.5 Å². The number of urea groups is 2. The summed E-state index contributed by atoms with van der Waals surface area (Å²) in [4.78, 5) is 37.3. The summed E-state index contributed by atoms with van der Waals surface area (Å²) < 4.78 is 0. The van der Waals surface area contributed by atoms with Gasteiger partial charge in [0, 0.05) is 12.6 Å². The van der Waals surface area contributed by atoms with Crippen LogP contribution in [0.1, 0.15) is 51.4 Å². The number of imide groups is 1. The van der Waals surface area contributed by atoms with Crippen molar-refractivity contribution in [3.63, 3.8) is 0 Å². The maximum absolute atomic E-state index is 12.4. The molecule has 2 aliphatic heterocycles. The Balaban J connectivity index is 1.55. The number of amides is 5. The van der Waals surface area contributed by atoms with E-state index in [0.29, 0.717) is 13.0 Å². The molecule has 1 unspecified atom stereocenters. The molecule has 0 radical (unpaired) electrons. The fraction of sp³-hybridized carbons (Fsp3) is 0.800. The van der Waals surface area contributed by atoms with Crippen molar-refractivity contribution >= 4 is 18.0 Å². The number of hydrogen-bond acceptors (Lipinski definition) is 3. The van der Waals surface area contributed by atoms with Crippen molar-refractivity contribution in [1.29, 1.82) is 0 Å². The van der Waals surface area contributed by atoms with Crippen molar-refractivity contribution in [2.75, 3.05) is 13.1 Å². The highest BCUT2D eigenvalue weighted by Crippen LogP contribution is 2.25. The molecule has 0 aromatic heterocycles. The highest BCUT2D eigenvalue weighted by Gasteiger charge is 2.51. The van der Waals surface area contributed by atoms with Crippen molar-refractivity contribution in [2.45, 2.75) is 62.9 Å². The van der Waals surface area contributed by atoms with Crippen molar-refractivity contribution < 1.29 is 14.4 Å². The Kier molecular flexibility index (Phi) is 4.22. The summed E-state index contributed by atoms with van der Waals surface area (Å²) in [6, 6.07) is -0.347. The van der Waals surface area contributed by atoms with Gasteiger partial charge >= 0.3 is 12.1 Å². The molecule has 3 aliphatic rings. The monoisotopic (exact) mass is 308 g/mol. The molecule has 3 N–H and O–H groups in total. The maximum atomic E-state index is 12.4. The number of nitrogens with zero attached hydrogens (tertiary/aromatic N) is 1. The first kappa shape index (κ1) is 15.1. The van der Waals surface area contributed by atoms with E-state index in [9.17, 15) is 14.4 Å². The van der Waals surface area contributed by atoms with Gasteiger partial charge in [0.25, 0.3) is 5.91 Å². The van der Waals surface area contributed by atoms with Crippen molar-refractivity contribution in [1.82, 2.24) is 20.9 Å². The lowest BCUT2D eigenvalue weighted by Gasteiger charge is -2.26. The third-order valence-electron chi connectivity index (χ3n) is 5.00. The quantitative estimate of drug-likeness (QED) is 0.633. The highest BCUT2D eigenvalue weighted by molar-refractivity contribution is 6.07. The van der Waals surface area contributed by atoms with E-state index in [-0.39, 0.29) is 24.5 Å². The number of carbonyl (C=O) groups excluding carboxylic acids is 3. The van der Waals surface area contributed by atoms with Crippen LogP contribution in [0.4, 0.5) is 9.59 Å². The molecule has 7 nitrogen and oxygen atoms in total. The second-order valence-corrected chi connectivity index (χ2v) is 6.65. The molecule has 0 aromatic rings. The average molecular weight is 308 g/mol. The standard InChI is InChI=1S/C15H24N4O3/c20-12-15(18-13(21)17-12)8-9-19(10-15)14(22)16-11-6-4-2-1-3-5-7-11/h11H,1-10H2,(H,16,22)(H2,17,18,20,21). The molecule has 22 heavy (non-hydrogen) atoms. The van der Waals surface area contributed by atoms with Gasteiger partial charge in [0.2, 0.25) is 0 Å². The molecule has 3 rings (SSSR count). The van der Waals surface area contributed by atoms with E-state index in [4.69, 9.17) is 0 Å². The van der Waals surface area contributed by atoms with Crippen LogP contribution in [0.25, 0.3) is 0 Å². The lowest BCUT2D eigenvalue weighted by Crippen LogP contribution is -2.51. The summed E-state index contributed by atoms with van der Waals surface area (Å²) in [7, 11) is 0. The number of hydrogen-bond donors (Lipinski definition) is 3. The molecule has 7 heteroatoms. The molecule has 1 atom stereocenters. The van der Waals surface area contributed by atoms with Gasteiger partial charge < -0.3 is 15.5 Å². The van der Waals surface area contributed by atoms with E-state index in [0.717, 1.165) is 25.7 Å². The smallest absolute Gasteiger partial charge is 0.322 e. The molecule has 2 heterocycles. The van der Waals surface area contributed by atoms with Crippen molar-refractivity contribution in [3.05, 3.63) is 0 Å². The molecule has 1 aliphatic carbocycles. The fourth-order valence-corrected chi connectivity index (χ4v) is 3.66. The van der Waals surface area contributed by atoms with Gasteiger partial charge in [0.1, 0.15) is 5.54 Å². The normalized spacial score (nSPS) is 29.9. The first-order valence-electron chi connectivity index (χ1n) is 8.28. The summed E-state index contributed by atoms with van der Waals surface area (Å²) >= 11 is 0. The zero-order valence-electron chi connectivity index (χ0n) is 12.8. The summed E-state index contributed by atoms with van der Waals surface area (Å²) in [6.07, 6.45) is 8.63. The second-order valence-electron chi connectivity index (χ2n) is 6.65. The van der Waals surface area contributed by atoms with Gasteiger partial charge in [-0.15, -0.1) is 0 Å². The van der Waals surface area contributed by atoms with E-state index in [2.05, 4.69) is 16.0 Å². The van der Waals surface area contributed by atoms with Crippen LogP contribution in [0, 0.1) is 0 Å². The van der Waals surface area contributed by atoms with Crippen LogP contribution in [0.15, 0.2) is 0 Å². The number of rotatable bonds is 1. The first-order chi connectivity index (χ1) is 10.6. The molecular formula is C15H24N4O3. The van der Waals surface area contributed by atoms with Crippen LogP contribution in [0.3, 0.4) is 0 Å². The summed E-state index contributed by atoms with van der Waals surface area (Å²) in [5.41, 5.74) is -0.921. The minimum Gasteiger partial charge on any atom is -0.335 e. The van der Waals surface area contributed by atoms with Crippen molar-refractivity contribution in [2.24, 2.45) is 0 Å². The lowest BCUT2D eigenvalue weighted by molar-refractivity contribution is -0.123. The Hall–Kier alpha value is -1.79. The van der Waals surface area contributed by atoms with Gasteiger partial charge in [-0.2, -0.15) is 0 Å². The fourth-order valence-electron chi connectivity index (χ4n) is 3.66. The zero-order valence-corrected chi connectivity index (χ0v) is 12.8. The second kappa shape index (κ2) is 6.14. The average Bonchev–Trinajstić information content (AvgIpc) is 2.98. The number of nitrogens with one attached hydrogen (secondary N) is 3. The predicted octanol–water partition coefficient (Wildman–Crippen LogP) is 1.09. The molecule has 1 saturated carbocycles. The maximum Gasteiger partial charge on any atom is 0.322 e. The van der Waals surface area contributed by atoms with Gasteiger partial charge in [0.15, 0.2) is 0 Å². The Morgan fingerprint density at radius 1 is 1.14 bits per heavy atom. The zero-order chi connectivity index (χ0) is 15.6. The molecule has 1 spiro atoms. The third kappa shape index (κ3) is 3.03. The Morgan fingerprint density at radius 2 is 1.82 bits per heavy atom. The molecule has 122 valence electrons. The van der Waals surface area contributed by atoms with E-state index >= 15 is 0 Å². The van der Waals surface area contributed by atoms with Gasteiger partial charge in [0.05, 0.1) is 6.54 Å². The van der Waals surface area contributed by atoms with Crippen LogP contribution in [-0.4, -0.2) is 47.5 Å². The lowest BCUT2D eigenvalue weighted by atomic mass is 9.97. The van der Waals surface area contributed by atoms with Crippen LogP contribution in [-0.2, 0) is 4.79 Å².